The minimum atomic E-state index is -5.41. The van der Waals surface area contributed by atoms with Crippen LogP contribution in [0.5, 0.6) is 0 Å². The van der Waals surface area contributed by atoms with Crippen molar-refractivity contribution in [3.63, 3.8) is 0 Å². The number of halogens is 6. The molecule has 1 N–H and O–H groups in total. The van der Waals surface area contributed by atoms with E-state index in [4.69, 9.17) is 0 Å². The second-order valence-corrected chi connectivity index (χ2v) is 6.02. The zero-order valence-electron chi connectivity index (χ0n) is 14.0. The summed E-state index contributed by atoms with van der Waals surface area (Å²) in [5, 5.41) is 1.74. The molecule has 2 nitrogen and oxygen atoms in total. The summed E-state index contributed by atoms with van der Waals surface area (Å²) in [5.41, 5.74) is 0. The van der Waals surface area contributed by atoms with Crippen LogP contribution in [-0.2, 0) is 4.79 Å². The second kappa shape index (κ2) is 11.6. The van der Waals surface area contributed by atoms with Gasteiger partial charge in [-0.25, -0.2) is 0 Å². The van der Waals surface area contributed by atoms with Gasteiger partial charge in [-0.1, -0.05) is 58.3 Å². The fourth-order valence-electron chi connectivity index (χ4n) is 2.32. The van der Waals surface area contributed by atoms with Crippen LogP contribution in [0.15, 0.2) is 0 Å². The van der Waals surface area contributed by atoms with Crippen LogP contribution >= 0.6 is 0 Å². The van der Waals surface area contributed by atoms with Gasteiger partial charge in [0.1, 0.15) is 0 Å². The van der Waals surface area contributed by atoms with Crippen LogP contribution in [0.1, 0.15) is 71.1 Å². The number of hydrogen-bond donors (Lipinski definition) is 1. The van der Waals surface area contributed by atoms with Crippen LogP contribution in [-0.4, -0.2) is 24.8 Å². The molecule has 0 rings (SSSR count). The number of carbonyl (C=O) groups is 1. The highest BCUT2D eigenvalue weighted by molar-refractivity contribution is 5.75. The van der Waals surface area contributed by atoms with Crippen molar-refractivity contribution >= 4 is 5.91 Å². The van der Waals surface area contributed by atoms with E-state index in [2.05, 4.69) is 6.92 Å². The third-order valence-electron chi connectivity index (χ3n) is 3.80. The van der Waals surface area contributed by atoms with Crippen molar-refractivity contribution in [2.24, 2.45) is 5.92 Å². The molecule has 0 unspecified atom stereocenters. The van der Waals surface area contributed by atoms with Crippen LogP contribution < -0.4 is 5.32 Å². The molecular formula is C16H27F6NO. The number of rotatable bonds is 12. The molecule has 8 heteroatoms. The van der Waals surface area contributed by atoms with Gasteiger partial charge < -0.3 is 5.32 Å². The van der Waals surface area contributed by atoms with Crippen LogP contribution in [0, 0.1) is 5.92 Å². The van der Waals surface area contributed by atoms with E-state index in [1.165, 1.54) is 25.7 Å². The van der Waals surface area contributed by atoms with Crippen LogP contribution in [0.25, 0.3) is 0 Å². The number of amides is 1. The van der Waals surface area contributed by atoms with Gasteiger partial charge in [0, 0.05) is 13.0 Å². The molecule has 0 radical (unpaired) electrons. The lowest BCUT2D eigenvalue weighted by molar-refractivity contribution is -0.281. The van der Waals surface area contributed by atoms with E-state index >= 15 is 0 Å². The lowest BCUT2D eigenvalue weighted by Gasteiger charge is -2.23. The van der Waals surface area contributed by atoms with Gasteiger partial charge in [0.05, 0.1) is 0 Å². The average Bonchev–Trinajstić information content (AvgIpc) is 2.42. The highest BCUT2D eigenvalue weighted by atomic mass is 19.4. The largest absolute Gasteiger partial charge is 0.402 e. The third kappa shape index (κ3) is 11.6. The molecular weight excluding hydrogens is 336 g/mol. The van der Waals surface area contributed by atoms with Crippen molar-refractivity contribution in [1.82, 2.24) is 5.32 Å². The Kier molecular flexibility index (Phi) is 11.1. The minimum absolute atomic E-state index is 0.0434. The molecule has 0 aliphatic heterocycles. The summed E-state index contributed by atoms with van der Waals surface area (Å²) in [6, 6.07) is 0. The van der Waals surface area contributed by atoms with Gasteiger partial charge in [-0.2, -0.15) is 26.3 Å². The van der Waals surface area contributed by atoms with Crippen molar-refractivity contribution in [2.45, 2.75) is 83.5 Å². The number of hydrogen-bond acceptors (Lipinski definition) is 1. The Hall–Kier alpha value is -0.950. The molecule has 1 amide bonds. The van der Waals surface area contributed by atoms with E-state index in [0.717, 1.165) is 25.7 Å². The average molecular weight is 363 g/mol. The SMILES string of the molecule is CCCCCCCCCCCC(=O)NCC(C(F)(F)F)C(F)(F)F. The van der Waals surface area contributed by atoms with Gasteiger partial charge in [0.2, 0.25) is 5.91 Å². The molecule has 0 heterocycles. The first kappa shape index (κ1) is 23.1. The Morgan fingerprint density at radius 2 is 1.21 bits per heavy atom. The summed E-state index contributed by atoms with van der Waals surface area (Å²) < 4.78 is 73.8. The molecule has 0 saturated heterocycles. The maximum absolute atomic E-state index is 12.3. The van der Waals surface area contributed by atoms with E-state index in [1.807, 2.05) is 0 Å². The van der Waals surface area contributed by atoms with Gasteiger partial charge in [0.15, 0.2) is 5.92 Å². The summed E-state index contributed by atoms with van der Waals surface area (Å²) in [6.07, 6.45) is -1.79. The van der Waals surface area contributed by atoms with Crippen LogP contribution in [0.4, 0.5) is 26.3 Å². The van der Waals surface area contributed by atoms with Crippen molar-refractivity contribution < 1.29 is 31.1 Å². The molecule has 144 valence electrons. The number of carbonyl (C=O) groups excluding carboxylic acids is 1. The van der Waals surface area contributed by atoms with Crippen molar-refractivity contribution in [2.75, 3.05) is 6.54 Å². The lowest BCUT2D eigenvalue weighted by atomic mass is 10.1. The van der Waals surface area contributed by atoms with Gasteiger partial charge in [-0.3, -0.25) is 4.79 Å². The molecule has 0 atom stereocenters. The third-order valence-corrected chi connectivity index (χ3v) is 3.80. The predicted octanol–water partition coefficient (Wildman–Crippen LogP) is 5.76. The topological polar surface area (TPSA) is 29.1 Å². The van der Waals surface area contributed by atoms with E-state index < -0.39 is 30.7 Å². The van der Waals surface area contributed by atoms with Crippen molar-refractivity contribution in [3.05, 3.63) is 0 Å². The van der Waals surface area contributed by atoms with E-state index in [-0.39, 0.29) is 6.42 Å². The molecule has 0 saturated carbocycles. The molecule has 24 heavy (non-hydrogen) atoms. The van der Waals surface area contributed by atoms with Crippen LogP contribution in [0.3, 0.4) is 0 Å². The Balaban J connectivity index is 3.79. The van der Waals surface area contributed by atoms with Gasteiger partial charge in [-0.15, -0.1) is 0 Å². The zero-order chi connectivity index (χ0) is 18.6. The van der Waals surface area contributed by atoms with E-state index in [1.54, 1.807) is 5.32 Å². The maximum atomic E-state index is 12.3. The fraction of sp³-hybridized carbons (Fsp3) is 0.938. The molecule has 0 aromatic rings. The zero-order valence-corrected chi connectivity index (χ0v) is 14.0. The second-order valence-electron chi connectivity index (χ2n) is 6.02. The molecule has 0 bridgehead atoms. The number of alkyl halides is 6. The summed E-state index contributed by atoms with van der Waals surface area (Å²) >= 11 is 0. The first-order valence-electron chi connectivity index (χ1n) is 8.49. The fourth-order valence-corrected chi connectivity index (χ4v) is 2.32. The molecule has 0 aromatic heterocycles. The van der Waals surface area contributed by atoms with Crippen LogP contribution in [0.2, 0.25) is 0 Å². The summed E-state index contributed by atoms with van der Waals surface area (Å²) in [5.74, 6) is -4.28. The summed E-state index contributed by atoms with van der Waals surface area (Å²) in [7, 11) is 0. The first-order chi connectivity index (χ1) is 11.1. The predicted molar refractivity (Wildman–Crippen MR) is 80.5 cm³/mol. The normalized spacial score (nSPS) is 12.7. The van der Waals surface area contributed by atoms with Crippen molar-refractivity contribution in [1.29, 1.82) is 0 Å². The Morgan fingerprint density at radius 3 is 1.62 bits per heavy atom. The Bertz CT molecular complexity index is 326. The van der Waals surface area contributed by atoms with Gasteiger partial charge in [0.25, 0.3) is 0 Å². The standard InChI is InChI=1S/C16H27F6NO/c1-2-3-4-5-6-7-8-9-10-11-14(24)23-12-13(15(17,18)19)16(20,21)22/h13H,2-12H2,1H3,(H,23,24). The maximum Gasteiger partial charge on any atom is 0.402 e. The Labute approximate surface area is 139 Å². The van der Waals surface area contributed by atoms with Gasteiger partial charge >= 0.3 is 12.4 Å². The number of unbranched alkanes of at least 4 members (excludes halogenated alkanes) is 8. The number of nitrogens with one attached hydrogen (secondary N) is 1. The highest BCUT2D eigenvalue weighted by Gasteiger charge is 2.56. The highest BCUT2D eigenvalue weighted by Crippen LogP contribution is 2.38. The molecule has 0 aromatic carbocycles. The summed E-state index contributed by atoms with van der Waals surface area (Å²) in [4.78, 5) is 11.4. The van der Waals surface area contributed by atoms with E-state index in [0.29, 0.717) is 6.42 Å². The van der Waals surface area contributed by atoms with Crippen molar-refractivity contribution in [3.8, 4) is 0 Å². The molecule has 0 aliphatic rings. The smallest absolute Gasteiger partial charge is 0.355 e. The van der Waals surface area contributed by atoms with E-state index in [9.17, 15) is 31.1 Å². The summed E-state index contributed by atoms with van der Waals surface area (Å²) in [6.45, 7) is 0.680. The lowest BCUT2D eigenvalue weighted by Crippen LogP contribution is -2.44. The Morgan fingerprint density at radius 1 is 0.792 bits per heavy atom. The molecule has 0 aliphatic carbocycles. The first-order valence-corrected chi connectivity index (χ1v) is 8.49. The minimum Gasteiger partial charge on any atom is -0.355 e. The molecule has 0 fully saturated rings. The molecule has 0 spiro atoms. The van der Waals surface area contributed by atoms with Gasteiger partial charge in [-0.05, 0) is 6.42 Å². The monoisotopic (exact) mass is 363 g/mol. The quantitative estimate of drug-likeness (QED) is 0.346.